The van der Waals surface area contributed by atoms with Gasteiger partial charge in [-0.2, -0.15) is 0 Å². The molecule has 0 aliphatic carbocycles. The summed E-state index contributed by atoms with van der Waals surface area (Å²) < 4.78 is 32.4. The number of phosphoric acid groups is 1. The lowest BCUT2D eigenvalue weighted by Gasteiger charge is -2.19. The minimum Gasteiger partial charge on any atom is -0.458 e. The molecule has 0 aromatic heterocycles. The summed E-state index contributed by atoms with van der Waals surface area (Å²) in [6.07, 6.45) is 35.2. The van der Waals surface area contributed by atoms with Crippen LogP contribution in [0.2, 0.25) is 0 Å². The molecule has 274 valence electrons. The number of esters is 2. The minimum absolute atomic E-state index is 0.0414. The molecule has 1 unspecified atom stereocenters. The van der Waals surface area contributed by atoms with Crippen LogP contribution in [0.15, 0.2) is 36.5 Å². The van der Waals surface area contributed by atoms with Crippen molar-refractivity contribution >= 4 is 19.8 Å². The third-order valence-corrected chi connectivity index (χ3v) is 8.59. The third kappa shape index (κ3) is 33.9. The van der Waals surface area contributed by atoms with Gasteiger partial charge in [-0.15, -0.1) is 0 Å². The summed E-state index contributed by atoms with van der Waals surface area (Å²) in [5.41, 5.74) is 5.31. The van der Waals surface area contributed by atoms with Crippen molar-refractivity contribution in [1.82, 2.24) is 0 Å². The Hall–Kier alpha value is -1.77. The zero-order chi connectivity index (χ0) is 34.7. The van der Waals surface area contributed by atoms with Crippen LogP contribution >= 0.6 is 7.82 Å². The molecular weight excluding hydrogens is 617 g/mol. The van der Waals surface area contributed by atoms with E-state index in [9.17, 15) is 19.0 Å². The zero-order valence-electron chi connectivity index (χ0n) is 29.8. The van der Waals surface area contributed by atoms with E-state index in [1.54, 1.807) is 6.08 Å². The van der Waals surface area contributed by atoms with Crippen molar-refractivity contribution in [2.24, 2.45) is 5.73 Å². The summed E-state index contributed by atoms with van der Waals surface area (Å²) in [5, 5.41) is 0. The fraction of sp³-hybridized carbons (Fsp3) is 0.784. The van der Waals surface area contributed by atoms with Gasteiger partial charge in [0.15, 0.2) is 6.10 Å². The van der Waals surface area contributed by atoms with E-state index >= 15 is 0 Å². The molecule has 2 atom stereocenters. The van der Waals surface area contributed by atoms with Crippen molar-refractivity contribution in [3.8, 4) is 0 Å². The van der Waals surface area contributed by atoms with Crippen LogP contribution < -0.4 is 5.73 Å². The topological polar surface area (TPSA) is 134 Å². The molecule has 0 radical (unpaired) electrons. The van der Waals surface area contributed by atoms with Crippen LogP contribution in [0.1, 0.15) is 155 Å². The Morgan fingerprint density at radius 2 is 1.21 bits per heavy atom. The summed E-state index contributed by atoms with van der Waals surface area (Å²) >= 11 is 0. The second-order valence-corrected chi connectivity index (χ2v) is 13.6. The Balaban J connectivity index is 4.35. The molecule has 9 nitrogen and oxygen atoms in total. The van der Waals surface area contributed by atoms with E-state index in [1.807, 2.05) is 12.2 Å². The monoisotopic (exact) mass is 685 g/mol. The number of ether oxygens (including phenoxy) is 2. The van der Waals surface area contributed by atoms with E-state index in [0.29, 0.717) is 6.42 Å². The maximum atomic E-state index is 12.5. The van der Waals surface area contributed by atoms with Gasteiger partial charge >= 0.3 is 19.8 Å². The van der Waals surface area contributed by atoms with Crippen LogP contribution in [0.3, 0.4) is 0 Å². The summed E-state index contributed by atoms with van der Waals surface area (Å²) in [7, 11) is -4.39. The van der Waals surface area contributed by atoms with Gasteiger partial charge in [0.25, 0.3) is 0 Å². The van der Waals surface area contributed by atoms with Gasteiger partial charge in [-0.3, -0.25) is 13.8 Å². The minimum atomic E-state index is -4.39. The summed E-state index contributed by atoms with van der Waals surface area (Å²) in [5.74, 6) is -1.10. The smallest absolute Gasteiger partial charge is 0.458 e. The number of nitrogens with two attached hydrogens (primary N) is 1. The summed E-state index contributed by atoms with van der Waals surface area (Å²) in [4.78, 5) is 34.5. The van der Waals surface area contributed by atoms with E-state index < -0.39 is 32.5 Å². The van der Waals surface area contributed by atoms with Crippen LogP contribution in [0.5, 0.6) is 0 Å². The molecule has 0 aliphatic rings. The predicted octanol–water partition coefficient (Wildman–Crippen LogP) is 9.82. The normalized spacial score (nSPS) is 13.9. The SMILES string of the molecule is CCCC/C=C/CCCCCCCC(=O)O[C@H](COC(=O)/C=C/C=C/CCCCCCCCCCCCC)COP(=O)(O)OCCN. The van der Waals surface area contributed by atoms with Gasteiger partial charge in [-0.1, -0.05) is 141 Å². The zero-order valence-corrected chi connectivity index (χ0v) is 30.7. The Morgan fingerprint density at radius 3 is 1.81 bits per heavy atom. The van der Waals surface area contributed by atoms with E-state index in [1.165, 1.54) is 83.1 Å². The molecule has 47 heavy (non-hydrogen) atoms. The summed E-state index contributed by atoms with van der Waals surface area (Å²) in [6, 6.07) is 0. The van der Waals surface area contributed by atoms with Crippen LogP contribution in [0.4, 0.5) is 0 Å². The number of carbonyl (C=O) groups is 2. The molecule has 0 spiro atoms. The molecule has 0 aromatic rings. The van der Waals surface area contributed by atoms with Crippen LogP contribution in [-0.4, -0.2) is 49.3 Å². The van der Waals surface area contributed by atoms with Crippen molar-refractivity contribution in [3.63, 3.8) is 0 Å². The lowest BCUT2D eigenvalue weighted by atomic mass is 10.1. The number of hydrogen-bond acceptors (Lipinski definition) is 8. The third-order valence-electron chi connectivity index (χ3n) is 7.60. The first-order chi connectivity index (χ1) is 22.8. The first kappa shape index (κ1) is 45.2. The second kappa shape index (κ2) is 34.1. The standard InChI is InChI=1S/C37H68NO8P/c1-3-5-7-9-11-13-15-16-17-18-20-21-23-25-27-29-36(39)43-33-35(34-45-47(41,42)44-32-31-38)46-37(40)30-28-26-24-22-19-14-12-10-8-6-4-2/h10,12,23,25,27,29,35H,3-9,11,13-22,24,26,28,30-34,38H2,1-2H3,(H,41,42)/b12-10+,25-23+,29-27+/t35-/m1/s1. The number of hydrogen-bond donors (Lipinski definition) is 2. The summed E-state index contributed by atoms with van der Waals surface area (Å²) in [6.45, 7) is 3.53. The molecular formula is C37H68NO8P. The first-order valence-electron chi connectivity index (χ1n) is 18.5. The molecule has 0 amide bonds. The Bertz CT molecular complexity index is 876. The molecule has 0 saturated heterocycles. The molecule has 3 N–H and O–H groups in total. The lowest BCUT2D eigenvalue weighted by Crippen LogP contribution is -2.29. The molecule has 0 heterocycles. The van der Waals surface area contributed by atoms with Gasteiger partial charge in [0.05, 0.1) is 13.2 Å². The Labute approximate surface area is 286 Å². The van der Waals surface area contributed by atoms with Crippen molar-refractivity contribution in [1.29, 1.82) is 0 Å². The maximum absolute atomic E-state index is 12.5. The van der Waals surface area contributed by atoms with Gasteiger partial charge in [-0.25, -0.2) is 9.36 Å². The number of phosphoric ester groups is 1. The molecule has 0 saturated carbocycles. The van der Waals surface area contributed by atoms with Crippen LogP contribution in [0.25, 0.3) is 0 Å². The highest BCUT2D eigenvalue weighted by Crippen LogP contribution is 2.43. The molecule has 0 fully saturated rings. The van der Waals surface area contributed by atoms with E-state index in [4.69, 9.17) is 24.3 Å². The molecule has 0 rings (SSSR count). The molecule has 0 bridgehead atoms. The quantitative estimate of drug-likeness (QED) is 0.0169. The van der Waals surface area contributed by atoms with Crippen molar-refractivity contribution in [3.05, 3.63) is 36.5 Å². The van der Waals surface area contributed by atoms with Crippen LogP contribution in [0, 0.1) is 0 Å². The van der Waals surface area contributed by atoms with Gasteiger partial charge in [-0.05, 0) is 38.5 Å². The first-order valence-corrected chi connectivity index (χ1v) is 20.0. The van der Waals surface area contributed by atoms with E-state index in [-0.39, 0.29) is 26.2 Å². The van der Waals surface area contributed by atoms with Gasteiger partial charge < -0.3 is 20.1 Å². The Morgan fingerprint density at radius 1 is 0.681 bits per heavy atom. The molecule has 0 aliphatic heterocycles. The van der Waals surface area contributed by atoms with Gasteiger partial charge in [0.2, 0.25) is 0 Å². The average Bonchev–Trinajstić information content (AvgIpc) is 3.05. The number of allylic oxidation sites excluding steroid dienone is 5. The largest absolute Gasteiger partial charge is 0.472 e. The van der Waals surface area contributed by atoms with Crippen molar-refractivity contribution in [2.75, 3.05) is 26.4 Å². The fourth-order valence-corrected chi connectivity index (χ4v) is 5.59. The molecule has 10 heteroatoms. The van der Waals surface area contributed by atoms with E-state index in [2.05, 4.69) is 26.0 Å². The fourth-order valence-electron chi connectivity index (χ4n) is 4.82. The van der Waals surface area contributed by atoms with Gasteiger partial charge in [0.1, 0.15) is 6.61 Å². The highest BCUT2D eigenvalue weighted by atomic mass is 31.2. The number of unbranched alkanes of at least 4 members (excludes halogenated alkanes) is 18. The van der Waals surface area contributed by atoms with Crippen molar-refractivity contribution in [2.45, 2.75) is 161 Å². The average molecular weight is 686 g/mol. The highest BCUT2D eigenvalue weighted by molar-refractivity contribution is 7.47. The predicted molar refractivity (Wildman–Crippen MR) is 192 cm³/mol. The second-order valence-electron chi connectivity index (χ2n) is 12.2. The lowest BCUT2D eigenvalue weighted by molar-refractivity contribution is -0.159. The van der Waals surface area contributed by atoms with E-state index in [0.717, 1.165) is 51.4 Å². The van der Waals surface area contributed by atoms with Crippen molar-refractivity contribution < 1.29 is 37.6 Å². The van der Waals surface area contributed by atoms with Gasteiger partial charge in [0, 0.05) is 19.0 Å². The number of carbonyl (C=O) groups excluding carboxylic acids is 2. The van der Waals surface area contributed by atoms with Crippen LogP contribution in [-0.2, 0) is 32.7 Å². The molecule has 0 aromatic carbocycles. The maximum Gasteiger partial charge on any atom is 0.472 e. The highest BCUT2D eigenvalue weighted by Gasteiger charge is 2.25. The Kier molecular flexibility index (Phi) is 32.8. The number of rotatable bonds is 34.